The summed E-state index contributed by atoms with van der Waals surface area (Å²) in [6.07, 6.45) is 4.01. The summed E-state index contributed by atoms with van der Waals surface area (Å²) in [5, 5.41) is 12.8. The van der Waals surface area contributed by atoms with Crippen molar-refractivity contribution < 1.29 is 0 Å². The molecule has 0 amide bonds. The third kappa shape index (κ3) is 5.47. The van der Waals surface area contributed by atoms with Crippen LogP contribution in [0.4, 0.5) is 0 Å². The largest absolute Gasteiger partial charge is 0.297 e. The number of nitrogens with zero attached hydrogens (tertiary/aromatic N) is 6. The number of piperazine rings is 1. The van der Waals surface area contributed by atoms with Gasteiger partial charge >= 0.3 is 0 Å². The molecule has 0 aliphatic carbocycles. The van der Waals surface area contributed by atoms with Gasteiger partial charge < -0.3 is 0 Å². The van der Waals surface area contributed by atoms with Crippen molar-refractivity contribution in [3.05, 3.63) is 54.4 Å². The summed E-state index contributed by atoms with van der Waals surface area (Å²) in [6.45, 7) is 14.5. The van der Waals surface area contributed by atoms with Gasteiger partial charge in [-0.1, -0.05) is 50.3 Å². The molecule has 1 fully saturated rings. The van der Waals surface area contributed by atoms with E-state index >= 15 is 0 Å². The van der Waals surface area contributed by atoms with Crippen LogP contribution in [-0.2, 0) is 13.0 Å². The molecule has 146 valence electrons. The summed E-state index contributed by atoms with van der Waals surface area (Å²) in [5.74, 6) is 1.61. The lowest BCUT2D eigenvalue weighted by molar-refractivity contribution is 0.0863. The van der Waals surface area contributed by atoms with Gasteiger partial charge in [0, 0.05) is 39.3 Å². The minimum absolute atomic E-state index is 0.279. The highest BCUT2D eigenvalue weighted by Gasteiger charge is 2.29. The molecule has 0 N–H and O–H groups in total. The Morgan fingerprint density at radius 2 is 1.85 bits per heavy atom. The maximum absolute atomic E-state index is 4.44. The molecule has 2 aromatic rings. The SMILES string of the molecule is C=CCN1CCN(C(CC(C)C)c2nnnn2CCc2ccccc2)CC1. The molecule has 0 spiro atoms. The van der Waals surface area contributed by atoms with Crippen molar-refractivity contribution in [3.63, 3.8) is 0 Å². The van der Waals surface area contributed by atoms with Crippen LogP contribution in [0.5, 0.6) is 0 Å². The molecule has 1 unspecified atom stereocenters. The Morgan fingerprint density at radius 3 is 2.52 bits per heavy atom. The van der Waals surface area contributed by atoms with Gasteiger partial charge in [0.1, 0.15) is 0 Å². The first-order valence-electron chi connectivity index (χ1n) is 10.0. The van der Waals surface area contributed by atoms with E-state index in [0.29, 0.717) is 5.92 Å². The van der Waals surface area contributed by atoms with E-state index in [0.717, 1.165) is 57.9 Å². The molecule has 6 heteroatoms. The second-order valence-corrected chi connectivity index (χ2v) is 7.77. The van der Waals surface area contributed by atoms with Crippen molar-refractivity contribution in [2.75, 3.05) is 32.7 Å². The monoisotopic (exact) mass is 368 g/mol. The lowest BCUT2D eigenvalue weighted by Gasteiger charge is -2.39. The first-order valence-corrected chi connectivity index (χ1v) is 10.0. The summed E-state index contributed by atoms with van der Waals surface area (Å²) < 4.78 is 2.01. The third-order valence-corrected chi connectivity index (χ3v) is 5.24. The molecule has 1 aliphatic rings. The molecule has 3 rings (SSSR count). The van der Waals surface area contributed by atoms with Crippen molar-refractivity contribution >= 4 is 0 Å². The van der Waals surface area contributed by atoms with Gasteiger partial charge in [0.05, 0.1) is 6.04 Å². The van der Waals surface area contributed by atoms with E-state index in [9.17, 15) is 0 Å². The van der Waals surface area contributed by atoms with Gasteiger partial charge in [0.25, 0.3) is 0 Å². The smallest absolute Gasteiger partial charge is 0.168 e. The van der Waals surface area contributed by atoms with Crippen LogP contribution in [0.3, 0.4) is 0 Å². The van der Waals surface area contributed by atoms with Crippen LogP contribution in [0.15, 0.2) is 43.0 Å². The van der Waals surface area contributed by atoms with E-state index in [2.05, 4.69) is 76.1 Å². The van der Waals surface area contributed by atoms with Gasteiger partial charge in [-0.05, 0) is 34.7 Å². The van der Waals surface area contributed by atoms with Crippen molar-refractivity contribution in [1.82, 2.24) is 30.0 Å². The quantitative estimate of drug-likeness (QED) is 0.637. The fourth-order valence-electron chi connectivity index (χ4n) is 3.79. The molecule has 0 radical (unpaired) electrons. The van der Waals surface area contributed by atoms with Crippen LogP contribution in [0.1, 0.15) is 37.7 Å². The number of hydrogen-bond acceptors (Lipinski definition) is 5. The van der Waals surface area contributed by atoms with Crippen LogP contribution < -0.4 is 0 Å². The number of rotatable bonds is 9. The molecule has 6 nitrogen and oxygen atoms in total. The van der Waals surface area contributed by atoms with Gasteiger partial charge in [0.2, 0.25) is 0 Å². The second kappa shape index (κ2) is 9.76. The Balaban J connectivity index is 1.70. The van der Waals surface area contributed by atoms with Gasteiger partial charge in [-0.2, -0.15) is 0 Å². The highest BCUT2D eigenvalue weighted by molar-refractivity contribution is 5.14. The Morgan fingerprint density at radius 1 is 1.11 bits per heavy atom. The number of benzene rings is 1. The lowest BCUT2D eigenvalue weighted by Crippen LogP contribution is -2.48. The topological polar surface area (TPSA) is 50.1 Å². The van der Waals surface area contributed by atoms with E-state index in [1.54, 1.807) is 0 Å². The number of aromatic nitrogens is 4. The average Bonchev–Trinajstić information content (AvgIpc) is 3.14. The summed E-state index contributed by atoms with van der Waals surface area (Å²) >= 11 is 0. The predicted octanol–water partition coefficient (Wildman–Crippen LogP) is 2.81. The Hall–Kier alpha value is -2.05. The van der Waals surface area contributed by atoms with E-state index < -0.39 is 0 Å². The minimum Gasteiger partial charge on any atom is -0.297 e. The molecular weight excluding hydrogens is 336 g/mol. The molecular formula is C21H32N6. The highest BCUT2D eigenvalue weighted by atomic mass is 15.5. The molecule has 1 aliphatic heterocycles. The molecule has 1 saturated heterocycles. The maximum atomic E-state index is 4.44. The second-order valence-electron chi connectivity index (χ2n) is 7.77. The fraction of sp³-hybridized carbons (Fsp3) is 0.571. The fourth-order valence-corrected chi connectivity index (χ4v) is 3.79. The molecule has 0 saturated carbocycles. The first kappa shape index (κ1) is 19.7. The highest BCUT2D eigenvalue weighted by Crippen LogP contribution is 2.27. The molecule has 27 heavy (non-hydrogen) atoms. The van der Waals surface area contributed by atoms with Gasteiger partial charge in [0.15, 0.2) is 5.82 Å². The number of hydrogen-bond donors (Lipinski definition) is 0. The first-order chi connectivity index (χ1) is 13.2. The molecule has 2 heterocycles. The van der Waals surface area contributed by atoms with Gasteiger partial charge in [-0.3, -0.25) is 9.80 Å². The summed E-state index contributed by atoms with van der Waals surface area (Å²) in [7, 11) is 0. The number of tetrazole rings is 1. The lowest BCUT2D eigenvalue weighted by atomic mass is 10.0. The third-order valence-electron chi connectivity index (χ3n) is 5.24. The predicted molar refractivity (Wildman–Crippen MR) is 108 cm³/mol. The van der Waals surface area contributed by atoms with Crippen LogP contribution in [0.2, 0.25) is 0 Å². The molecule has 1 aromatic heterocycles. The van der Waals surface area contributed by atoms with E-state index in [1.807, 2.05) is 10.8 Å². The van der Waals surface area contributed by atoms with Crippen LogP contribution in [0.25, 0.3) is 0 Å². The summed E-state index contributed by atoms with van der Waals surface area (Å²) in [4.78, 5) is 5.01. The van der Waals surface area contributed by atoms with Crippen molar-refractivity contribution in [2.24, 2.45) is 5.92 Å². The molecule has 1 aromatic carbocycles. The zero-order valence-electron chi connectivity index (χ0n) is 16.7. The molecule has 0 bridgehead atoms. The van der Waals surface area contributed by atoms with E-state index in [1.165, 1.54) is 5.56 Å². The Bertz CT molecular complexity index is 688. The van der Waals surface area contributed by atoms with Crippen LogP contribution in [-0.4, -0.2) is 62.7 Å². The number of aryl methyl sites for hydroxylation is 2. The summed E-state index contributed by atoms with van der Waals surface area (Å²) in [5.41, 5.74) is 1.32. The maximum Gasteiger partial charge on any atom is 0.168 e. The van der Waals surface area contributed by atoms with Gasteiger partial charge in [-0.25, -0.2) is 4.68 Å². The minimum atomic E-state index is 0.279. The standard InChI is InChI=1S/C21H32N6/c1-4-11-25-13-15-26(16-14-25)20(17-18(2)3)21-22-23-24-27(21)12-10-19-8-6-5-7-9-19/h4-9,18,20H,1,10-17H2,2-3H3. The summed E-state index contributed by atoms with van der Waals surface area (Å²) in [6, 6.07) is 10.8. The van der Waals surface area contributed by atoms with Gasteiger partial charge in [-0.15, -0.1) is 11.7 Å². The van der Waals surface area contributed by atoms with E-state index in [4.69, 9.17) is 0 Å². The van der Waals surface area contributed by atoms with Crippen molar-refractivity contribution in [2.45, 2.75) is 39.3 Å². The van der Waals surface area contributed by atoms with E-state index in [-0.39, 0.29) is 6.04 Å². The zero-order chi connectivity index (χ0) is 19.1. The van der Waals surface area contributed by atoms with Crippen molar-refractivity contribution in [1.29, 1.82) is 0 Å². The van der Waals surface area contributed by atoms with Crippen LogP contribution in [0, 0.1) is 5.92 Å². The Labute approximate surface area is 162 Å². The average molecular weight is 369 g/mol. The van der Waals surface area contributed by atoms with Crippen LogP contribution >= 0.6 is 0 Å². The Kier molecular flexibility index (Phi) is 7.12. The molecule has 1 atom stereocenters. The van der Waals surface area contributed by atoms with Crippen molar-refractivity contribution in [3.8, 4) is 0 Å². The zero-order valence-corrected chi connectivity index (χ0v) is 16.7. The normalized spacial score (nSPS) is 17.3.